The second kappa shape index (κ2) is 3.83. The van der Waals surface area contributed by atoms with Crippen LogP contribution in [-0.2, 0) is 13.1 Å². The minimum absolute atomic E-state index is 0.397. The summed E-state index contributed by atoms with van der Waals surface area (Å²) in [6, 6.07) is 2.31. The first-order valence-corrected chi connectivity index (χ1v) is 6.14. The largest absolute Gasteiger partial charge is 0.333 e. The first kappa shape index (κ1) is 10.8. The Morgan fingerprint density at radius 2 is 2.35 bits per heavy atom. The standard InChI is InChI=1S/C12H17N5/c13-8-12(14,10-1-2-10)9-16-5-6-17-4-3-15-11(17)7-16/h3-4,10H,1-2,5-7,9,14H2. The molecule has 1 aromatic rings. The van der Waals surface area contributed by atoms with Crippen LogP contribution >= 0.6 is 0 Å². The second-order valence-electron chi connectivity index (χ2n) is 5.17. The maximum atomic E-state index is 9.26. The van der Waals surface area contributed by atoms with Crippen LogP contribution in [0.3, 0.4) is 0 Å². The topological polar surface area (TPSA) is 70.9 Å². The average molecular weight is 231 g/mol. The zero-order valence-electron chi connectivity index (χ0n) is 9.84. The average Bonchev–Trinajstić information content (AvgIpc) is 3.09. The van der Waals surface area contributed by atoms with Gasteiger partial charge in [0.2, 0.25) is 0 Å². The molecular formula is C12H17N5. The third-order valence-electron chi connectivity index (χ3n) is 3.82. The Morgan fingerprint density at radius 3 is 3.06 bits per heavy atom. The maximum absolute atomic E-state index is 9.26. The Labute approximate surface area is 101 Å². The Morgan fingerprint density at radius 1 is 1.53 bits per heavy atom. The molecule has 1 unspecified atom stereocenters. The molecule has 1 fully saturated rings. The van der Waals surface area contributed by atoms with Crippen molar-refractivity contribution in [3.05, 3.63) is 18.2 Å². The lowest BCUT2D eigenvalue weighted by Crippen LogP contribution is -2.52. The van der Waals surface area contributed by atoms with Gasteiger partial charge in [-0.15, -0.1) is 0 Å². The lowest BCUT2D eigenvalue weighted by molar-refractivity contribution is 0.179. The van der Waals surface area contributed by atoms with E-state index in [2.05, 4.69) is 20.5 Å². The molecule has 5 heteroatoms. The zero-order valence-corrected chi connectivity index (χ0v) is 9.84. The van der Waals surface area contributed by atoms with Crippen molar-refractivity contribution in [2.75, 3.05) is 13.1 Å². The highest BCUT2D eigenvalue weighted by atomic mass is 15.2. The molecule has 90 valence electrons. The number of nitrogens with zero attached hydrogens (tertiary/aromatic N) is 4. The maximum Gasteiger partial charge on any atom is 0.122 e. The summed E-state index contributed by atoms with van der Waals surface area (Å²) in [5.74, 6) is 1.47. The van der Waals surface area contributed by atoms with Crippen molar-refractivity contribution in [2.45, 2.75) is 31.5 Å². The number of imidazole rings is 1. The monoisotopic (exact) mass is 231 g/mol. The van der Waals surface area contributed by atoms with Gasteiger partial charge >= 0.3 is 0 Å². The fourth-order valence-corrected chi connectivity index (χ4v) is 2.58. The first-order valence-electron chi connectivity index (χ1n) is 6.14. The lowest BCUT2D eigenvalue weighted by atomic mass is 9.95. The summed E-state index contributed by atoms with van der Waals surface area (Å²) in [5.41, 5.74) is 5.54. The Balaban J connectivity index is 1.69. The van der Waals surface area contributed by atoms with Crippen LogP contribution in [0.5, 0.6) is 0 Å². The molecule has 3 rings (SSSR count). The van der Waals surface area contributed by atoms with Gasteiger partial charge in [-0.3, -0.25) is 4.90 Å². The van der Waals surface area contributed by atoms with Crippen molar-refractivity contribution in [1.82, 2.24) is 14.5 Å². The van der Waals surface area contributed by atoms with Crippen LogP contribution in [0.25, 0.3) is 0 Å². The fourth-order valence-electron chi connectivity index (χ4n) is 2.58. The summed E-state index contributed by atoms with van der Waals surface area (Å²) in [5, 5.41) is 9.26. The van der Waals surface area contributed by atoms with Crippen molar-refractivity contribution in [3.63, 3.8) is 0 Å². The Hall–Kier alpha value is -1.38. The molecule has 17 heavy (non-hydrogen) atoms. The lowest BCUT2D eigenvalue weighted by Gasteiger charge is -2.33. The Kier molecular flexibility index (Phi) is 2.42. The smallest absolute Gasteiger partial charge is 0.122 e. The van der Waals surface area contributed by atoms with E-state index < -0.39 is 5.54 Å². The number of nitriles is 1. The summed E-state index contributed by atoms with van der Waals surface area (Å²) < 4.78 is 2.16. The van der Waals surface area contributed by atoms with Gasteiger partial charge in [-0.05, 0) is 18.8 Å². The van der Waals surface area contributed by atoms with E-state index in [1.54, 1.807) is 0 Å². The molecule has 2 N–H and O–H groups in total. The number of aromatic nitrogens is 2. The van der Waals surface area contributed by atoms with Crippen LogP contribution < -0.4 is 5.73 Å². The molecule has 0 saturated heterocycles. The van der Waals surface area contributed by atoms with E-state index >= 15 is 0 Å². The van der Waals surface area contributed by atoms with E-state index in [9.17, 15) is 5.26 Å². The van der Waals surface area contributed by atoms with Crippen molar-refractivity contribution < 1.29 is 0 Å². The molecule has 5 nitrogen and oxygen atoms in total. The van der Waals surface area contributed by atoms with E-state index in [4.69, 9.17) is 5.73 Å². The van der Waals surface area contributed by atoms with E-state index in [0.717, 1.165) is 38.3 Å². The number of fused-ring (bicyclic) bond motifs is 1. The van der Waals surface area contributed by atoms with Gasteiger partial charge in [0.1, 0.15) is 11.4 Å². The van der Waals surface area contributed by atoms with Crippen molar-refractivity contribution >= 4 is 0 Å². The molecular weight excluding hydrogens is 214 g/mol. The number of nitrogens with two attached hydrogens (primary N) is 1. The van der Waals surface area contributed by atoms with Crippen molar-refractivity contribution in [3.8, 4) is 6.07 Å². The molecule has 2 heterocycles. The summed E-state index contributed by atoms with van der Waals surface area (Å²) in [6.07, 6.45) is 6.05. The van der Waals surface area contributed by atoms with Gasteiger partial charge in [-0.1, -0.05) is 0 Å². The van der Waals surface area contributed by atoms with Crippen LogP contribution in [0.15, 0.2) is 12.4 Å². The molecule has 2 aliphatic rings. The predicted molar refractivity (Wildman–Crippen MR) is 62.8 cm³/mol. The van der Waals surface area contributed by atoms with Crippen molar-refractivity contribution in [1.29, 1.82) is 5.26 Å². The van der Waals surface area contributed by atoms with E-state index in [0.29, 0.717) is 12.5 Å². The molecule has 1 aliphatic heterocycles. The molecule has 0 bridgehead atoms. The van der Waals surface area contributed by atoms with Crippen LogP contribution in [0, 0.1) is 17.2 Å². The zero-order chi connectivity index (χ0) is 11.9. The predicted octanol–water partition coefficient (Wildman–Crippen LogP) is 0.330. The first-order chi connectivity index (χ1) is 8.21. The van der Waals surface area contributed by atoms with E-state index in [1.807, 2.05) is 12.4 Å². The molecule has 1 aliphatic carbocycles. The molecule has 0 aromatic carbocycles. The number of rotatable bonds is 3. The molecule has 1 saturated carbocycles. The summed E-state index contributed by atoms with van der Waals surface area (Å²) in [6.45, 7) is 3.37. The van der Waals surface area contributed by atoms with Crippen molar-refractivity contribution in [2.24, 2.45) is 11.7 Å². The molecule has 1 atom stereocenters. The quantitative estimate of drug-likeness (QED) is 0.813. The minimum Gasteiger partial charge on any atom is -0.333 e. The molecule has 0 amide bonds. The minimum atomic E-state index is -0.658. The van der Waals surface area contributed by atoms with Gasteiger partial charge in [0.15, 0.2) is 0 Å². The van der Waals surface area contributed by atoms with Gasteiger partial charge < -0.3 is 10.3 Å². The van der Waals surface area contributed by atoms with Gasteiger partial charge in [0.25, 0.3) is 0 Å². The van der Waals surface area contributed by atoms with Crippen LogP contribution in [-0.4, -0.2) is 33.1 Å². The summed E-state index contributed by atoms with van der Waals surface area (Å²) >= 11 is 0. The molecule has 1 aromatic heterocycles. The van der Waals surface area contributed by atoms with E-state index in [1.165, 1.54) is 0 Å². The van der Waals surface area contributed by atoms with Crippen LogP contribution in [0.1, 0.15) is 18.7 Å². The molecule has 0 spiro atoms. The fraction of sp³-hybridized carbons (Fsp3) is 0.667. The van der Waals surface area contributed by atoms with Gasteiger partial charge in [0, 0.05) is 32.0 Å². The molecule has 0 radical (unpaired) electrons. The van der Waals surface area contributed by atoms with E-state index in [-0.39, 0.29) is 0 Å². The highest BCUT2D eigenvalue weighted by Crippen LogP contribution is 2.38. The van der Waals surface area contributed by atoms with Gasteiger partial charge in [0.05, 0.1) is 12.6 Å². The third kappa shape index (κ3) is 1.94. The van der Waals surface area contributed by atoms with Crippen LogP contribution in [0.2, 0.25) is 0 Å². The van der Waals surface area contributed by atoms with Crippen LogP contribution in [0.4, 0.5) is 0 Å². The second-order valence-corrected chi connectivity index (χ2v) is 5.17. The Bertz CT molecular complexity index is 456. The van der Waals surface area contributed by atoms with Gasteiger partial charge in [-0.25, -0.2) is 4.98 Å². The summed E-state index contributed by atoms with van der Waals surface area (Å²) in [7, 11) is 0. The summed E-state index contributed by atoms with van der Waals surface area (Å²) in [4.78, 5) is 6.57. The number of hydrogen-bond acceptors (Lipinski definition) is 4. The highest BCUT2D eigenvalue weighted by molar-refractivity contribution is 5.15. The SMILES string of the molecule is N#CC(N)(CN1CCn2ccnc2C1)C1CC1. The van der Waals surface area contributed by atoms with Gasteiger partial charge in [-0.2, -0.15) is 5.26 Å². The highest BCUT2D eigenvalue weighted by Gasteiger charge is 2.44. The normalized spacial score (nSPS) is 23.8. The number of hydrogen-bond donors (Lipinski definition) is 1. The third-order valence-corrected chi connectivity index (χ3v) is 3.82.